The second-order valence-electron chi connectivity index (χ2n) is 4.73. The number of nitrogens with one attached hydrogen (secondary N) is 1. The molecule has 2 aromatic rings. The Kier molecular flexibility index (Phi) is 3.10. The maximum Gasteiger partial charge on any atom is 0.0705 e. The number of aromatic nitrogens is 2. The molecule has 0 atom stereocenters. The van der Waals surface area contributed by atoms with Crippen LogP contribution in [0, 0.1) is 0 Å². The van der Waals surface area contributed by atoms with Gasteiger partial charge >= 0.3 is 0 Å². The van der Waals surface area contributed by atoms with E-state index in [4.69, 9.17) is 11.6 Å². The van der Waals surface area contributed by atoms with Crippen molar-refractivity contribution in [1.29, 1.82) is 0 Å². The quantitative estimate of drug-likeness (QED) is 0.917. The lowest BCUT2D eigenvalue weighted by atomic mass is 10.2. The van der Waals surface area contributed by atoms with E-state index in [-0.39, 0.29) is 0 Å². The van der Waals surface area contributed by atoms with Crippen LogP contribution in [0.3, 0.4) is 0 Å². The summed E-state index contributed by atoms with van der Waals surface area (Å²) in [5.74, 6) is 0.679. The molecule has 4 heteroatoms. The summed E-state index contributed by atoms with van der Waals surface area (Å²) in [6, 6.07) is 8.06. The van der Waals surface area contributed by atoms with Crippen LogP contribution in [0.4, 0.5) is 0 Å². The maximum absolute atomic E-state index is 6.26. The fourth-order valence-electron chi connectivity index (χ4n) is 2.18. The average Bonchev–Trinajstić information content (AvgIpc) is 3.11. The van der Waals surface area contributed by atoms with Crippen LogP contribution < -0.4 is 5.32 Å². The molecule has 0 spiro atoms. The van der Waals surface area contributed by atoms with Crippen LogP contribution in [0.2, 0.25) is 5.02 Å². The van der Waals surface area contributed by atoms with Gasteiger partial charge in [-0.3, -0.25) is 0 Å². The molecule has 1 aromatic carbocycles. The first-order chi connectivity index (χ1) is 8.79. The largest absolute Gasteiger partial charge is 0.316 e. The molecule has 18 heavy (non-hydrogen) atoms. The monoisotopic (exact) mass is 261 g/mol. The van der Waals surface area contributed by atoms with Gasteiger partial charge in [0.1, 0.15) is 0 Å². The summed E-state index contributed by atoms with van der Waals surface area (Å²) in [6.07, 6.45) is 4.57. The third kappa shape index (κ3) is 2.16. The Morgan fingerprint density at radius 3 is 2.94 bits per heavy atom. The molecule has 1 aliphatic rings. The molecule has 0 amide bonds. The minimum atomic E-state index is 0.679. The van der Waals surface area contributed by atoms with Crippen molar-refractivity contribution in [1.82, 2.24) is 15.1 Å². The fourth-order valence-corrected chi connectivity index (χ4v) is 2.42. The van der Waals surface area contributed by atoms with Crippen LogP contribution >= 0.6 is 11.6 Å². The zero-order chi connectivity index (χ0) is 12.5. The van der Waals surface area contributed by atoms with Crippen molar-refractivity contribution in [2.24, 2.45) is 0 Å². The summed E-state index contributed by atoms with van der Waals surface area (Å²) in [6.45, 7) is 0.744. The van der Waals surface area contributed by atoms with Gasteiger partial charge in [0.05, 0.1) is 11.4 Å². The summed E-state index contributed by atoms with van der Waals surface area (Å²) in [5.41, 5.74) is 3.35. The van der Waals surface area contributed by atoms with Gasteiger partial charge in [-0.1, -0.05) is 17.7 Å². The van der Waals surface area contributed by atoms with E-state index in [9.17, 15) is 0 Å². The zero-order valence-corrected chi connectivity index (χ0v) is 11.1. The summed E-state index contributed by atoms with van der Waals surface area (Å²) < 4.78 is 1.94. The van der Waals surface area contributed by atoms with E-state index < -0.39 is 0 Å². The minimum Gasteiger partial charge on any atom is -0.316 e. The van der Waals surface area contributed by atoms with Crippen molar-refractivity contribution in [2.75, 3.05) is 7.05 Å². The molecule has 94 valence electrons. The highest BCUT2D eigenvalue weighted by Gasteiger charge is 2.26. The fraction of sp³-hybridized carbons (Fsp3) is 0.357. The number of hydrogen-bond acceptors (Lipinski definition) is 2. The van der Waals surface area contributed by atoms with Crippen LogP contribution in [-0.2, 0) is 6.54 Å². The van der Waals surface area contributed by atoms with Crippen LogP contribution in [0.5, 0.6) is 0 Å². The number of halogens is 1. The summed E-state index contributed by atoms with van der Waals surface area (Å²) >= 11 is 6.26. The second kappa shape index (κ2) is 4.75. The van der Waals surface area contributed by atoms with Crippen LogP contribution in [0.15, 0.2) is 30.5 Å². The highest BCUT2D eigenvalue weighted by Crippen LogP contribution is 2.39. The molecule has 3 nitrogen and oxygen atoms in total. The number of hydrogen-bond donors (Lipinski definition) is 1. The van der Waals surface area contributed by atoms with Gasteiger partial charge in [0.25, 0.3) is 0 Å². The van der Waals surface area contributed by atoms with E-state index in [0.29, 0.717) is 5.92 Å². The van der Waals surface area contributed by atoms with Crippen molar-refractivity contribution < 1.29 is 0 Å². The van der Waals surface area contributed by atoms with Gasteiger partial charge in [-0.05, 0) is 38.1 Å². The molecule has 0 aliphatic heterocycles. The van der Waals surface area contributed by atoms with E-state index >= 15 is 0 Å². The Morgan fingerprint density at radius 2 is 2.22 bits per heavy atom. The Morgan fingerprint density at radius 1 is 1.39 bits per heavy atom. The Hall–Kier alpha value is -1.32. The van der Waals surface area contributed by atoms with Crippen molar-refractivity contribution in [3.63, 3.8) is 0 Å². The van der Waals surface area contributed by atoms with Crippen LogP contribution in [-0.4, -0.2) is 16.8 Å². The highest BCUT2D eigenvalue weighted by molar-refractivity contribution is 6.31. The molecule has 1 fully saturated rings. The van der Waals surface area contributed by atoms with E-state index in [0.717, 1.165) is 22.8 Å². The Bertz CT molecular complexity index is 558. The smallest absolute Gasteiger partial charge is 0.0705 e. The van der Waals surface area contributed by atoms with Gasteiger partial charge in [-0.15, -0.1) is 0 Å². The first kappa shape index (κ1) is 11.8. The third-order valence-electron chi connectivity index (χ3n) is 3.30. The van der Waals surface area contributed by atoms with E-state index in [1.807, 2.05) is 30.1 Å². The van der Waals surface area contributed by atoms with Crippen molar-refractivity contribution in [3.05, 3.63) is 46.7 Å². The highest BCUT2D eigenvalue weighted by atomic mass is 35.5. The summed E-state index contributed by atoms with van der Waals surface area (Å²) in [7, 11) is 1.92. The van der Waals surface area contributed by atoms with Gasteiger partial charge in [0.15, 0.2) is 0 Å². The van der Waals surface area contributed by atoms with Gasteiger partial charge in [-0.25, -0.2) is 4.68 Å². The standard InChI is InChI=1S/C14H16ClN3/c1-16-9-11-12(15)3-2-4-14(11)18-8-7-13(17-18)10-5-6-10/h2-4,7-8,10,16H,5-6,9H2,1H3. The van der Waals surface area contributed by atoms with Gasteiger partial charge in [0.2, 0.25) is 0 Å². The molecule has 1 N–H and O–H groups in total. The molecule has 0 saturated heterocycles. The Balaban J connectivity index is 2.00. The minimum absolute atomic E-state index is 0.679. The lowest BCUT2D eigenvalue weighted by Crippen LogP contribution is -2.10. The SMILES string of the molecule is CNCc1c(Cl)cccc1-n1ccc(C2CC2)n1. The zero-order valence-electron chi connectivity index (χ0n) is 10.4. The predicted molar refractivity (Wildman–Crippen MR) is 73.3 cm³/mol. The lowest BCUT2D eigenvalue weighted by Gasteiger charge is -2.11. The molecule has 3 rings (SSSR count). The molecule has 0 unspecified atom stereocenters. The molecule has 1 aromatic heterocycles. The molecule has 1 saturated carbocycles. The van der Waals surface area contributed by atoms with E-state index in [2.05, 4.69) is 22.5 Å². The second-order valence-corrected chi connectivity index (χ2v) is 5.13. The molecule has 0 bridgehead atoms. The predicted octanol–water partition coefficient (Wildman–Crippen LogP) is 3.12. The van der Waals surface area contributed by atoms with Gasteiger partial charge < -0.3 is 5.32 Å². The molecule has 1 heterocycles. The van der Waals surface area contributed by atoms with Crippen molar-refractivity contribution >= 4 is 11.6 Å². The molecule has 0 radical (unpaired) electrons. The van der Waals surface area contributed by atoms with Gasteiger partial charge in [-0.2, -0.15) is 5.10 Å². The number of rotatable bonds is 4. The molecular weight excluding hydrogens is 246 g/mol. The van der Waals surface area contributed by atoms with Gasteiger partial charge in [0, 0.05) is 29.2 Å². The number of benzene rings is 1. The average molecular weight is 262 g/mol. The first-order valence-electron chi connectivity index (χ1n) is 6.27. The molecular formula is C14H16ClN3. The van der Waals surface area contributed by atoms with Crippen molar-refractivity contribution in [2.45, 2.75) is 25.3 Å². The summed E-state index contributed by atoms with van der Waals surface area (Å²) in [5, 5.41) is 8.59. The first-order valence-corrected chi connectivity index (χ1v) is 6.65. The lowest BCUT2D eigenvalue weighted by molar-refractivity contribution is 0.780. The van der Waals surface area contributed by atoms with E-state index in [1.165, 1.54) is 18.5 Å². The van der Waals surface area contributed by atoms with E-state index in [1.54, 1.807) is 0 Å². The maximum atomic E-state index is 6.26. The summed E-state index contributed by atoms with van der Waals surface area (Å²) in [4.78, 5) is 0. The normalized spacial score (nSPS) is 15.0. The van der Waals surface area contributed by atoms with Crippen LogP contribution in [0.25, 0.3) is 5.69 Å². The number of nitrogens with zero attached hydrogens (tertiary/aromatic N) is 2. The topological polar surface area (TPSA) is 29.9 Å². The Labute approximate surface area is 112 Å². The van der Waals surface area contributed by atoms with Crippen molar-refractivity contribution in [3.8, 4) is 5.69 Å². The molecule has 1 aliphatic carbocycles. The third-order valence-corrected chi connectivity index (χ3v) is 3.65. The van der Waals surface area contributed by atoms with Crippen LogP contribution in [0.1, 0.15) is 30.0 Å².